The molecule has 10 heteroatoms. The molecule has 0 atom stereocenters. The molecule has 1 amide bonds. The molecule has 0 radical (unpaired) electrons. The van der Waals surface area contributed by atoms with Crippen molar-refractivity contribution in [3.05, 3.63) is 29.9 Å². The van der Waals surface area contributed by atoms with Crippen molar-refractivity contribution in [2.75, 3.05) is 11.5 Å². The minimum atomic E-state index is -3.70. The van der Waals surface area contributed by atoms with Gasteiger partial charge in [-0.05, 0) is 44.9 Å². The van der Waals surface area contributed by atoms with E-state index >= 15 is 0 Å². The van der Waals surface area contributed by atoms with Crippen LogP contribution in [0.5, 0.6) is 5.75 Å². The number of carbonyl (C=O) groups excluding carboxylic acids is 1. The zero-order valence-electron chi connectivity index (χ0n) is 15.7. The standard InChI is InChI=1S/C18H22N4O5S/c1-11(2)21-28(24,25)13-6-7-15-14(8-13)22(17(23)10-26-15)9-16-19-18(27-20-16)12-4-3-5-12/h6-8,11-12,21H,3-5,9-10H2,1-2H3. The van der Waals surface area contributed by atoms with E-state index in [-0.39, 0.29) is 30.0 Å². The molecule has 0 unspecified atom stereocenters. The molecule has 1 N–H and O–H groups in total. The summed E-state index contributed by atoms with van der Waals surface area (Å²) in [7, 11) is -3.70. The Bertz CT molecular complexity index is 997. The molecule has 1 saturated carbocycles. The van der Waals surface area contributed by atoms with Crippen LogP contribution in [0.4, 0.5) is 5.69 Å². The molecule has 9 nitrogen and oxygen atoms in total. The van der Waals surface area contributed by atoms with Crippen molar-refractivity contribution in [3.8, 4) is 5.75 Å². The normalized spacial score (nSPS) is 17.4. The maximum Gasteiger partial charge on any atom is 0.265 e. The number of nitrogens with zero attached hydrogens (tertiary/aromatic N) is 3. The highest BCUT2D eigenvalue weighted by Gasteiger charge is 2.30. The Morgan fingerprint density at radius 2 is 2.11 bits per heavy atom. The monoisotopic (exact) mass is 406 g/mol. The van der Waals surface area contributed by atoms with Crippen LogP contribution in [-0.4, -0.2) is 37.1 Å². The number of aromatic nitrogens is 2. The van der Waals surface area contributed by atoms with Crippen molar-refractivity contribution in [2.24, 2.45) is 0 Å². The van der Waals surface area contributed by atoms with Gasteiger partial charge in [0.15, 0.2) is 12.4 Å². The van der Waals surface area contributed by atoms with E-state index in [4.69, 9.17) is 9.26 Å². The summed E-state index contributed by atoms with van der Waals surface area (Å²) in [6.07, 6.45) is 3.22. The number of rotatable bonds is 6. The van der Waals surface area contributed by atoms with Gasteiger partial charge >= 0.3 is 0 Å². The van der Waals surface area contributed by atoms with Crippen molar-refractivity contribution in [2.45, 2.75) is 56.5 Å². The Labute approximate surface area is 163 Å². The lowest BCUT2D eigenvalue weighted by atomic mass is 9.85. The lowest BCUT2D eigenvalue weighted by Crippen LogP contribution is -2.39. The number of fused-ring (bicyclic) bond motifs is 1. The second-order valence-corrected chi connectivity index (χ2v) is 9.06. The van der Waals surface area contributed by atoms with Crippen LogP contribution in [0.25, 0.3) is 0 Å². The summed E-state index contributed by atoms with van der Waals surface area (Å²) in [6, 6.07) is 4.20. The van der Waals surface area contributed by atoms with Crippen molar-refractivity contribution in [1.29, 1.82) is 0 Å². The number of amides is 1. The number of sulfonamides is 1. The van der Waals surface area contributed by atoms with Gasteiger partial charge in [0.25, 0.3) is 5.91 Å². The zero-order valence-corrected chi connectivity index (χ0v) is 16.5. The van der Waals surface area contributed by atoms with E-state index in [0.29, 0.717) is 29.1 Å². The molecule has 1 fully saturated rings. The molecule has 1 aliphatic carbocycles. The molecule has 2 aromatic rings. The summed E-state index contributed by atoms with van der Waals surface area (Å²) < 4.78 is 38.3. The second-order valence-electron chi connectivity index (χ2n) is 7.35. The van der Waals surface area contributed by atoms with Crippen LogP contribution in [0.1, 0.15) is 50.7 Å². The molecule has 1 aliphatic heterocycles. The lowest BCUT2D eigenvalue weighted by molar-refractivity contribution is -0.121. The van der Waals surface area contributed by atoms with Crippen molar-refractivity contribution in [3.63, 3.8) is 0 Å². The van der Waals surface area contributed by atoms with Gasteiger partial charge in [0.05, 0.1) is 17.1 Å². The molecule has 1 aromatic heterocycles. The first-order chi connectivity index (χ1) is 13.3. The number of benzene rings is 1. The molecule has 28 heavy (non-hydrogen) atoms. The van der Waals surface area contributed by atoms with E-state index in [2.05, 4.69) is 14.9 Å². The van der Waals surface area contributed by atoms with Crippen LogP contribution in [0, 0.1) is 0 Å². The molecule has 1 aromatic carbocycles. The van der Waals surface area contributed by atoms with E-state index in [1.807, 2.05) is 0 Å². The van der Waals surface area contributed by atoms with E-state index in [9.17, 15) is 13.2 Å². The van der Waals surface area contributed by atoms with Gasteiger partial charge in [0.2, 0.25) is 15.9 Å². The van der Waals surface area contributed by atoms with Crippen LogP contribution in [0.15, 0.2) is 27.6 Å². The number of hydrogen-bond donors (Lipinski definition) is 1. The topological polar surface area (TPSA) is 115 Å². The highest BCUT2D eigenvalue weighted by atomic mass is 32.2. The van der Waals surface area contributed by atoms with Crippen molar-refractivity contribution < 1.29 is 22.5 Å². The predicted octanol–water partition coefficient (Wildman–Crippen LogP) is 1.95. The fourth-order valence-electron chi connectivity index (χ4n) is 3.19. The quantitative estimate of drug-likeness (QED) is 0.780. The Kier molecular flexibility index (Phi) is 4.84. The maximum atomic E-state index is 12.5. The first kappa shape index (κ1) is 18.9. The molecule has 2 heterocycles. The zero-order chi connectivity index (χ0) is 19.9. The first-order valence-corrected chi connectivity index (χ1v) is 10.7. The summed E-state index contributed by atoms with van der Waals surface area (Å²) in [5.41, 5.74) is 0.373. The average Bonchev–Trinajstić information content (AvgIpc) is 3.02. The van der Waals surface area contributed by atoms with E-state index in [1.54, 1.807) is 19.9 Å². The van der Waals surface area contributed by atoms with Gasteiger partial charge in [-0.15, -0.1) is 0 Å². The number of anilines is 1. The molecular weight excluding hydrogens is 384 g/mol. The van der Waals surface area contributed by atoms with Crippen LogP contribution in [0.2, 0.25) is 0 Å². The number of ether oxygens (including phenoxy) is 1. The van der Waals surface area contributed by atoms with E-state index in [0.717, 1.165) is 19.3 Å². The smallest absolute Gasteiger partial charge is 0.265 e. The third-order valence-corrected chi connectivity index (χ3v) is 6.47. The van der Waals surface area contributed by atoms with Gasteiger partial charge in [-0.3, -0.25) is 9.69 Å². The third kappa shape index (κ3) is 3.61. The Hall–Kier alpha value is -2.46. The fourth-order valence-corrected chi connectivity index (χ4v) is 4.47. The van der Waals surface area contributed by atoms with Crippen LogP contribution in [-0.2, 0) is 21.4 Å². The fraction of sp³-hybridized carbons (Fsp3) is 0.500. The minimum Gasteiger partial charge on any atom is -0.482 e. The predicted molar refractivity (Wildman–Crippen MR) is 99.5 cm³/mol. The van der Waals surface area contributed by atoms with Crippen LogP contribution < -0.4 is 14.4 Å². The Balaban J connectivity index is 1.63. The van der Waals surface area contributed by atoms with E-state index < -0.39 is 10.0 Å². The van der Waals surface area contributed by atoms with Gasteiger partial charge in [0.1, 0.15) is 5.75 Å². The maximum absolute atomic E-state index is 12.5. The third-order valence-electron chi connectivity index (χ3n) is 4.81. The molecule has 0 spiro atoms. The number of hydrogen-bond acceptors (Lipinski definition) is 7. The first-order valence-electron chi connectivity index (χ1n) is 9.25. The Morgan fingerprint density at radius 1 is 1.32 bits per heavy atom. The van der Waals surface area contributed by atoms with Gasteiger partial charge in [-0.25, -0.2) is 13.1 Å². The second kappa shape index (κ2) is 7.17. The highest BCUT2D eigenvalue weighted by molar-refractivity contribution is 7.89. The van der Waals surface area contributed by atoms with Crippen molar-refractivity contribution in [1.82, 2.24) is 14.9 Å². The van der Waals surface area contributed by atoms with Gasteiger partial charge in [-0.2, -0.15) is 4.98 Å². The largest absolute Gasteiger partial charge is 0.482 e. The van der Waals surface area contributed by atoms with Gasteiger partial charge < -0.3 is 9.26 Å². The molecule has 4 rings (SSSR count). The van der Waals surface area contributed by atoms with Crippen LogP contribution in [0.3, 0.4) is 0 Å². The SMILES string of the molecule is CC(C)NS(=O)(=O)c1ccc2c(c1)N(Cc1noc(C3CCC3)n1)C(=O)CO2. The average molecular weight is 406 g/mol. The summed E-state index contributed by atoms with van der Waals surface area (Å²) in [4.78, 5) is 18.4. The van der Waals surface area contributed by atoms with Crippen LogP contribution >= 0.6 is 0 Å². The molecular formula is C18H22N4O5S. The summed E-state index contributed by atoms with van der Waals surface area (Å²) in [6.45, 7) is 3.44. The number of nitrogens with one attached hydrogen (secondary N) is 1. The summed E-state index contributed by atoms with van der Waals surface area (Å²) in [5, 5.41) is 3.98. The van der Waals surface area contributed by atoms with Gasteiger partial charge in [0, 0.05) is 12.0 Å². The summed E-state index contributed by atoms with van der Waals surface area (Å²) >= 11 is 0. The molecule has 2 aliphatic rings. The minimum absolute atomic E-state index is 0.0616. The summed E-state index contributed by atoms with van der Waals surface area (Å²) in [5.74, 6) is 1.42. The van der Waals surface area contributed by atoms with E-state index in [1.165, 1.54) is 17.0 Å². The highest BCUT2D eigenvalue weighted by Crippen LogP contribution is 2.37. The number of carbonyl (C=O) groups is 1. The Morgan fingerprint density at radius 3 is 2.79 bits per heavy atom. The van der Waals surface area contributed by atoms with Crippen molar-refractivity contribution >= 4 is 21.6 Å². The van der Waals surface area contributed by atoms with Gasteiger partial charge in [-0.1, -0.05) is 11.6 Å². The lowest BCUT2D eigenvalue weighted by Gasteiger charge is -2.29. The molecule has 0 bridgehead atoms. The molecule has 0 saturated heterocycles. The molecule has 150 valence electrons.